The highest BCUT2D eigenvalue weighted by molar-refractivity contribution is 7.22. The van der Waals surface area contributed by atoms with E-state index in [4.69, 9.17) is 34.8 Å². The van der Waals surface area contributed by atoms with Gasteiger partial charge in [-0.1, -0.05) is 81.9 Å². The molecule has 104 heavy (non-hydrogen) atoms. The van der Waals surface area contributed by atoms with Crippen molar-refractivity contribution in [2.24, 2.45) is 27.9 Å². The number of para-hydroxylation sites is 1. The summed E-state index contributed by atoms with van der Waals surface area (Å²) in [6.07, 6.45) is 12.4. The number of carbonyl (C=O) groups is 9. The smallest absolute Gasteiger partial charge is 0.409 e. The number of benzene rings is 3. The van der Waals surface area contributed by atoms with Crippen LogP contribution in [0.15, 0.2) is 97.2 Å². The van der Waals surface area contributed by atoms with Gasteiger partial charge in [-0.2, -0.15) is 5.10 Å². The van der Waals surface area contributed by atoms with Crippen LogP contribution in [0.1, 0.15) is 148 Å². The summed E-state index contributed by atoms with van der Waals surface area (Å²) < 4.78 is 27.4. The van der Waals surface area contributed by atoms with Gasteiger partial charge in [-0.05, 0) is 159 Å². The van der Waals surface area contributed by atoms with Crippen molar-refractivity contribution in [3.63, 3.8) is 0 Å². The van der Waals surface area contributed by atoms with E-state index in [9.17, 15) is 48.3 Å². The van der Waals surface area contributed by atoms with Crippen molar-refractivity contribution in [2.45, 2.75) is 155 Å². The van der Waals surface area contributed by atoms with Crippen LogP contribution in [0.25, 0.3) is 21.3 Å². The zero-order valence-electron chi connectivity index (χ0n) is 60.0. The number of urea groups is 1. The average molecular weight is 1450 g/mol. The molecule has 9 amide bonds. The SMILES string of the molecule is Cc1c(-c2ccc(N3CCc4cccc(C(=O)Nc5nc6ccccc6s5)c4C3)nc2C(=O)O)cnn1CC12CC3(C)CC(C)(C1)CC(OCCOCCOCCN(C)C(=O)OCc1ccc(NC(=O)[C@H](CCCNC(N)=O)NC(=O)[C@@H](NC(=O)CCCCCN4C(=O)C=CC4=O)C(C)C)cc1)(C3)C2. The second kappa shape index (κ2) is 33.0. The Balaban J connectivity index is 0.597. The molecule has 3 aromatic carbocycles. The van der Waals surface area contributed by atoms with Gasteiger partial charge in [0.15, 0.2) is 10.8 Å². The van der Waals surface area contributed by atoms with Gasteiger partial charge in [0.1, 0.15) is 24.5 Å². The summed E-state index contributed by atoms with van der Waals surface area (Å²) in [5.41, 5.74) is 11.3. The number of aromatic carboxylic acids is 1. The second-order valence-corrected chi connectivity index (χ2v) is 30.6. The van der Waals surface area contributed by atoms with Crippen molar-refractivity contribution in [3.8, 4) is 11.1 Å². The number of carbonyl (C=O) groups excluding carboxylic acids is 8. The zero-order valence-corrected chi connectivity index (χ0v) is 60.8. The molecule has 4 bridgehead atoms. The van der Waals surface area contributed by atoms with Crippen LogP contribution in [-0.4, -0.2) is 172 Å². The number of fused-ring (bicyclic) bond motifs is 2. The third-order valence-electron chi connectivity index (χ3n) is 20.5. The predicted octanol–water partition coefficient (Wildman–Crippen LogP) is 9.31. The number of primary amides is 1. The van der Waals surface area contributed by atoms with Gasteiger partial charge in [-0.3, -0.25) is 43.7 Å². The number of carboxylic acids is 1. The monoisotopic (exact) mass is 1450 g/mol. The summed E-state index contributed by atoms with van der Waals surface area (Å²) in [5, 5.41) is 30.0. The number of rotatable bonds is 35. The number of ether oxygens (including phenoxy) is 4. The number of pyridine rings is 1. The number of anilines is 3. The highest BCUT2D eigenvalue weighted by atomic mass is 32.1. The van der Waals surface area contributed by atoms with Gasteiger partial charge < -0.3 is 60.9 Å². The number of nitrogens with zero attached hydrogens (tertiary/aromatic N) is 7. The Bertz CT molecular complexity index is 4140. The summed E-state index contributed by atoms with van der Waals surface area (Å²) in [6.45, 7) is 14.3. The number of nitrogens with one attached hydrogen (secondary N) is 5. The van der Waals surface area contributed by atoms with Gasteiger partial charge in [0.2, 0.25) is 17.7 Å². The summed E-state index contributed by atoms with van der Waals surface area (Å²) >= 11 is 1.42. The second-order valence-electron chi connectivity index (χ2n) is 29.6. The lowest BCUT2D eigenvalue weighted by atomic mass is 9.39. The molecule has 4 saturated carbocycles. The van der Waals surface area contributed by atoms with Crippen LogP contribution < -0.4 is 37.2 Å². The van der Waals surface area contributed by atoms with E-state index >= 15 is 0 Å². The van der Waals surface area contributed by atoms with E-state index in [1.165, 1.54) is 28.4 Å². The van der Waals surface area contributed by atoms with E-state index in [2.05, 4.69) is 50.1 Å². The molecule has 28 heteroatoms. The van der Waals surface area contributed by atoms with Gasteiger partial charge in [-0.15, -0.1) is 0 Å². The Morgan fingerprint density at radius 3 is 2.22 bits per heavy atom. The molecule has 4 aliphatic carbocycles. The predicted molar refractivity (Wildman–Crippen MR) is 390 cm³/mol. The van der Waals surface area contributed by atoms with Crippen LogP contribution >= 0.6 is 11.3 Å². The van der Waals surface area contributed by atoms with Crippen molar-refractivity contribution in [1.29, 1.82) is 0 Å². The number of carboxylic acid groups (broad SMARTS) is 1. The van der Waals surface area contributed by atoms with E-state index in [1.54, 1.807) is 51.4 Å². The summed E-state index contributed by atoms with van der Waals surface area (Å²) in [6, 6.07) is 21.1. The first-order chi connectivity index (χ1) is 49.8. The van der Waals surface area contributed by atoms with Gasteiger partial charge in [-0.25, -0.2) is 24.4 Å². The Hall–Kier alpha value is -9.64. The average Bonchev–Trinajstić information content (AvgIpc) is 0.723. The Kier molecular flexibility index (Phi) is 24.0. The molecule has 4 atom stereocenters. The molecule has 5 heterocycles. The van der Waals surface area contributed by atoms with Crippen LogP contribution in [-0.2, 0) is 69.0 Å². The number of hydrogen-bond donors (Lipinski definition) is 7. The van der Waals surface area contributed by atoms with Crippen LogP contribution in [0.5, 0.6) is 0 Å². The van der Waals surface area contributed by atoms with Crippen molar-refractivity contribution in [1.82, 2.24) is 45.5 Å². The number of nitrogens with two attached hydrogens (primary N) is 1. The third kappa shape index (κ3) is 18.6. The van der Waals surface area contributed by atoms with Crippen molar-refractivity contribution >= 4 is 91.7 Å². The molecule has 2 aliphatic heterocycles. The number of likely N-dealkylation sites (N-methyl/N-ethyl adjacent to an activating group) is 1. The molecular formula is C76H95N13O14S. The van der Waals surface area contributed by atoms with E-state index in [-0.39, 0.29) is 103 Å². The summed E-state index contributed by atoms with van der Waals surface area (Å²) in [5.74, 6) is -3.40. The molecule has 6 aromatic rings. The van der Waals surface area contributed by atoms with Crippen LogP contribution in [0.4, 0.5) is 26.2 Å². The number of aromatic nitrogens is 4. The lowest BCUT2D eigenvalue weighted by molar-refractivity contribution is -0.250. The summed E-state index contributed by atoms with van der Waals surface area (Å²) in [4.78, 5) is 129. The van der Waals surface area contributed by atoms with Gasteiger partial charge in [0, 0.05) is 93.0 Å². The van der Waals surface area contributed by atoms with Crippen molar-refractivity contribution < 1.29 is 67.2 Å². The fourth-order valence-corrected chi connectivity index (χ4v) is 17.6. The molecule has 27 nitrogen and oxygen atoms in total. The highest BCUT2D eigenvalue weighted by Crippen LogP contribution is 2.72. The van der Waals surface area contributed by atoms with E-state index in [0.29, 0.717) is 111 Å². The Morgan fingerprint density at radius 1 is 0.769 bits per heavy atom. The largest absolute Gasteiger partial charge is 0.476 e. The lowest BCUT2D eigenvalue weighted by Crippen LogP contribution is -2.64. The third-order valence-corrected chi connectivity index (χ3v) is 21.4. The van der Waals surface area contributed by atoms with Gasteiger partial charge >= 0.3 is 18.1 Å². The number of unbranched alkanes of at least 4 members (excludes halogenated alkanes) is 2. The molecule has 0 saturated heterocycles. The molecule has 0 radical (unpaired) electrons. The molecule has 8 N–H and O–H groups in total. The molecule has 2 unspecified atom stereocenters. The van der Waals surface area contributed by atoms with Crippen molar-refractivity contribution in [2.75, 3.05) is 81.8 Å². The molecule has 554 valence electrons. The van der Waals surface area contributed by atoms with Gasteiger partial charge in [0.25, 0.3) is 17.7 Å². The quantitative estimate of drug-likeness (QED) is 0.0144. The van der Waals surface area contributed by atoms with E-state index in [0.717, 1.165) is 76.0 Å². The fraction of sp³-hybridized carbons (Fsp3) is 0.500. The topological polar surface area (TPSA) is 350 Å². The first kappa shape index (κ1) is 75.5. The molecular weight excluding hydrogens is 1350 g/mol. The molecule has 12 rings (SSSR count). The first-order valence-corrected chi connectivity index (χ1v) is 36.6. The number of thiazole rings is 1. The molecule has 3 aromatic heterocycles. The maximum Gasteiger partial charge on any atom is 0.409 e. The van der Waals surface area contributed by atoms with Crippen LogP contribution in [0, 0.1) is 29.1 Å². The zero-order chi connectivity index (χ0) is 73.9. The van der Waals surface area contributed by atoms with Crippen molar-refractivity contribution in [3.05, 3.63) is 131 Å². The normalized spacial score (nSPS) is 20.7. The number of hydrogen-bond acceptors (Lipinski definition) is 18. The minimum absolute atomic E-state index is 0.0460. The lowest BCUT2D eigenvalue weighted by Gasteiger charge is -2.69. The molecule has 4 fully saturated rings. The molecule has 6 aliphatic rings. The summed E-state index contributed by atoms with van der Waals surface area (Å²) in [7, 11) is 1.61. The fourth-order valence-electron chi connectivity index (χ4n) is 16.7. The maximum atomic E-state index is 13.8. The minimum Gasteiger partial charge on any atom is -0.476 e. The number of imide groups is 1. The van der Waals surface area contributed by atoms with Crippen LogP contribution in [0.2, 0.25) is 0 Å². The van der Waals surface area contributed by atoms with E-state index in [1.807, 2.05) is 66.4 Å². The number of amides is 9. The Labute approximate surface area is 608 Å². The van der Waals surface area contributed by atoms with Crippen LogP contribution in [0.3, 0.4) is 0 Å². The highest BCUT2D eigenvalue weighted by Gasteiger charge is 2.66. The van der Waals surface area contributed by atoms with E-state index < -0.39 is 42.0 Å². The standard InChI is InChI=1S/C76H95N13O14S/c1-48(2)64(84-61(90)19-8-7-11-30-88-62(91)26-27-63(88)92)68(95)81-58(17-13-29-78-70(77)98)67(94)80-52-22-20-50(21-23-52)40-102-72(99)86(6)32-33-100-34-35-101-36-37-103-76-44-73(4)41-74(5,45-76)43-75(42-73,46-76)47-89-49(3)55(38-79-89)53-24-25-60(83-65(53)69(96)97)87-31-28-51-14-12-15-54(56(51)39-87)66(93)85-71-82-57-16-9-10-18-59(57)104-71/h9-10,12,14-16,18,20-27,38,48,58,64H,7-8,11,13,17,19,28-37,39-47H2,1-6H3,(H,80,94)(H,81,95)(H,84,90)(H,96,97)(H3,77,78,98)(H,82,85,93)/t58-,64-,73?,74?,75?,76?/m0/s1. The van der Waals surface area contributed by atoms with Gasteiger partial charge in [0.05, 0.1) is 55.0 Å². The first-order valence-electron chi connectivity index (χ1n) is 35.8. The minimum atomic E-state index is -1.14. The maximum absolute atomic E-state index is 13.8. The molecule has 0 spiro atoms. The Morgan fingerprint density at radius 2 is 1.50 bits per heavy atom.